The first-order chi connectivity index (χ1) is 7.96. The van der Waals surface area contributed by atoms with Gasteiger partial charge in [0.1, 0.15) is 10.0 Å². The molecule has 0 aliphatic heterocycles. The van der Waals surface area contributed by atoms with Gasteiger partial charge >= 0.3 is 0 Å². The maximum atomic E-state index is 12.3. The molecule has 0 amide bonds. The summed E-state index contributed by atoms with van der Waals surface area (Å²) < 4.78 is 26.1. The lowest BCUT2D eigenvalue weighted by Gasteiger charge is -2.19. The molecular weight excluding hydrogens is 283 g/mol. The minimum absolute atomic E-state index is 0.0978. The zero-order chi connectivity index (χ0) is 12.6. The largest absolute Gasteiger partial charge is 0.244 e. The van der Waals surface area contributed by atoms with Gasteiger partial charge in [-0.25, -0.2) is 13.4 Å². The lowest BCUT2D eigenvalue weighted by Crippen LogP contribution is -2.32. The first-order valence-corrected chi connectivity index (χ1v) is 7.49. The Morgan fingerprint density at radius 3 is 2.59 bits per heavy atom. The Kier molecular flexibility index (Phi) is 3.63. The Morgan fingerprint density at radius 1 is 1.47 bits per heavy atom. The van der Waals surface area contributed by atoms with Crippen molar-refractivity contribution in [2.24, 2.45) is 0 Å². The van der Waals surface area contributed by atoms with Gasteiger partial charge < -0.3 is 0 Å². The van der Waals surface area contributed by atoms with Crippen LogP contribution in [0.3, 0.4) is 0 Å². The summed E-state index contributed by atoms with van der Waals surface area (Å²) in [6.07, 6.45) is 3.08. The van der Waals surface area contributed by atoms with E-state index in [2.05, 4.69) is 4.98 Å². The van der Waals surface area contributed by atoms with Crippen LogP contribution in [0.5, 0.6) is 0 Å². The van der Waals surface area contributed by atoms with Gasteiger partial charge in [-0.15, -0.1) is 0 Å². The van der Waals surface area contributed by atoms with E-state index in [1.54, 1.807) is 0 Å². The Balaban J connectivity index is 2.39. The molecule has 17 heavy (non-hydrogen) atoms. The van der Waals surface area contributed by atoms with E-state index < -0.39 is 10.0 Å². The second-order valence-electron chi connectivity index (χ2n) is 3.88. The fraction of sp³-hybridized carbons (Fsp3) is 0.500. The number of halogens is 2. The number of rotatable bonds is 4. The van der Waals surface area contributed by atoms with Gasteiger partial charge in [0, 0.05) is 18.8 Å². The van der Waals surface area contributed by atoms with Gasteiger partial charge in [0.05, 0.1) is 5.02 Å². The topological polar surface area (TPSA) is 50.3 Å². The molecule has 0 radical (unpaired) electrons. The van der Waals surface area contributed by atoms with Crippen LogP contribution < -0.4 is 0 Å². The average molecular weight is 295 g/mol. The number of hydrogen-bond donors (Lipinski definition) is 0. The molecule has 0 bridgehead atoms. The predicted octanol–water partition coefficient (Wildman–Crippen LogP) is 2.56. The number of hydrogen-bond acceptors (Lipinski definition) is 3. The summed E-state index contributed by atoms with van der Waals surface area (Å²) in [5.41, 5.74) is 0. The van der Waals surface area contributed by atoms with E-state index in [0.29, 0.717) is 6.54 Å². The van der Waals surface area contributed by atoms with Crippen molar-refractivity contribution in [1.29, 1.82) is 0 Å². The van der Waals surface area contributed by atoms with E-state index in [9.17, 15) is 8.42 Å². The van der Waals surface area contributed by atoms with Crippen LogP contribution in [0.2, 0.25) is 10.2 Å². The molecule has 0 spiro atoms. The van der Waals surface area contributed by atoms with Gasteiger partial charge in [-0.1, -0.05) is 30.1 Å². The molecule has 0 unspecified atom stereocenters. The molecule has 0 atom stereocenters. The fourth-order valence-corrected chi connectivity index (χ4v) is 3.67. The Labute approximate surface area is 111 Å². The molecule has 0 N–H and O–H groups in total. The summed E-state index contributed by atoms with van der Waals surface area (Å²) in [6.45, 7) is 2.27. The van der Waals surface area contributed by atoms with Crippen molar-refractivity contribution < 1.29 is 8.42 Å². The van der Waals surface area contributed by atoms with Crippen molar-refractivity contribution in [3.8, 4) is 0 Å². The molecule has 0 aromatic carbocycles. The highest BCUT2D eigenvalue weighted by molar-refractivity contribution is 7.89. The van der Waals surface area contributed by atoms with Crippen molar-refractivity contribution in [3.63, 3.8) is 0 Å². The number of pyridine rings is 1. The van der Waals surface area contributed by atoms with Crippen LogP contribution in [0, 0.1) is 0 Å². The quantitative estimate of drug-likeness (QED) is 0.802. The van der Waals surface area contributed by atoms with Crippen LogP contribution in [-0.2, 0) is 10.0 Å². The number of sulfonamides is 1. The third kappa shape index (κ3) is 2.57. The van der Waals surface area contributed by atoms with E-state index in [1.165, 1.54) is 16.6 Å². The predicted molar refractivity (Wildman–Crippen MR) is 66.8 cm³/mol. The maximum Gasteiger partial charge on any atom is 0.244 e. The molecule has 1 fully saturated rings. The second-order valence-corrected chi connectivity index (χ2v) is 6.54. The second kappa shape index (κ2) is 4.72. The Morgan fingerprint density at radius 2 is 2.12 bits per heavy atom. The van der Waals surface area contributed by atoms with Gasteiger partial charge in [-0.05, 0) is 18.9 Å². The summed E-state index contributed by atoms with van der Waals surface area (Å²) in [6, 6.07) is 1.47. The SMILES string of the molecule is CCN(C1CC1)S(=O)(=O)c1cnc(Cl)c(Cl)c1. The van der Waals surface area contributed by atoms with E-state index in [4.69, 9.17) is 23.2 Å². The Bertz CT molecular complexity index is 529. The van der Waals surface area contributed by atoms with Gasteiger partial charge in [0.15, 0.2) is 0 Å². The first kappa shape index (κ1) is 13.1. The van der Waals surface area contributed by atoms with Crippen LogP contribution >= 0.6 is 23.2 Å². The fourth-order valence-electron chi connectivity index (χ4n) is 1.67. The van der Waals surface area contributed by atoms with Crippen molar-refractivity contribution in [2.45, 2.75) is 30.7 Å². The smallest absolute Gasteiger partial charge is 0.242 e. The minimum atomic E-state index is -3.50. The van der Waals surface area contributed by atoms with Crippen molar-refractivity contribution in [2.75, 3.05) is 6.54 Å². The highest BCUT2D eigenvalue weighted by atomic mass is 35.5. The van der Waals surface area contributed by atoms with Crippen LogP contribution in [0.4, 0.5) is 0 Å². The lowest BCUT2D eigenvalue weighted by atomic mass is 10.5. The molecule has 1 aromatic rings. The average Bonchev–Trinajstić information content (AvgIpc) is 3.07. The van der Waals surface area contributed by atoms with E-state index in [0.717, 1.165) is 12.8 Å². The van der Waals surface area contributed by atoms with E-state index in [-0.39, 0.29) is 21.1 Å². The standard InChI is InChI=1S/C10H12Cl2N2O2S/c1-2-14(7-3-4-7)17(15,16)8-5-9(11)10(12)13-6-8/h5-7H,2-4H2,1H3. The summed E-state index contributed by atoms with van der Waals surface area (Å²) in [7, 11) is -3.50. The molecule has 1 saturated carbocycles. The lowest BCUT2D eigenvalue weighted by molar-refractivity contribution is 0.421. The molecular formula is C10H12Cl2N2O2S. The van der Waals surface area contributed by atoms with Gasteiger partial charge in [0.25, 0.3) is 0 Å². The number of nitrogens with zero attached hydrogens (tertiary/aromatic N) is 2. The van der Waals surface area contributed by atoms with Gasteiger partial charge in [-0.2, -0.15) is 4.31 Å². The van der Waals surface area contributed by atoms with E-state index >= 15 is 0 Å². The summed E-state index contributed by atoms with van der Waals surface area (Å²) in [5.74, 6) is 0. The van der Waals surface area contributed by atoms with E-state index in [1.807, 2.05) is 6.92 Å². The molecule has 1 aromatic heterocycles. The summed E-state index contributed by atoms with van der Waals surface area (Å²) in [5, 5.41) is 0.264. The van der Waals surface area contributed by atoms with Gasteiger partial charge in [-0.3, -0.25) is 0 Å². The molecule has 1 aliphatic carbocycles. The molecule has 0 saturated heterocycles. The molecule has 2 rings (SSSR count). The summed E-state index contributed by atoms with van der Waals surface area (Å²) >= 11 is 11.5. The Hall–Kier alpha value is -0.360. The summed E-state index contributed by atoms with van der Waals surface area (Å²) in [4.78, 5) is 3.87. The van der Waals surface area contributed by atoms with Crippen LogP contribution in [-0.4, -0.2) is 30.3 Å². The zero-order valence-electron chi connectivity index (χ0n) is 9.23. The van der Waals surface area contributed by atoms with Crippen LogP contribution in [0.25, 0.3) is 0 Å². The third-order valence-corrected chi connectivity index (χ3v) is 5.32. The first-order valence-electron chi connectivity index (χ1n) is 5.29. The molecule has 94 valence electrons. The zero-order valence-corrected chi connectivity index (χ0v) is 11.6. The van der Waals surface area contributed by atoms with Crippen molar-refractivity contribution in [3.05, 3.63) is 22.4 Å². The molecule has 1 heterocycles. The monoisotopic (exact) mass is 294 g/mol. The van der Waals surface area contributed by atoms with Gasteiger partial charge in [0.2, 0.25) is 10.0 Å². The third-order valence-electron chi connectivity index (χ3n) is 2.64. The van der Waals surface area contributed by atoms with Crippen molar-refractivity contribution in [1.82, 2.24) is 9.29 Å². The highest BCUT2D eigenvalue weighted by Crippen LogP contribution is 2.32. The normalized spacial score (nSPS) is 16.5. The number of aromatic nitrogens is 1. The maximum absolute atomic E-state index is 12.3. The highest BCUT2D eigenvalue weighted by Gasteiger charge is 2.37. The van der Waals surface area contributed by atoms with Crippen LogP contribution in [0.1, 0.15) is 19.8 Å². The molecule has 1 aliphatic rings. The minimum Gasteiger partial charge on any atom is -0.242 e. The van der Waals surface area contributed by atoms with Crippen molar-refractivity contribution >= 4 is 33.2 Å². The molecule has 7 heteroatoms. The van der Waals surface area contributed by atoms with Crippen LogP contribution in [0.15, 0.2) is 17.2 Å². The molecule has 4 nitrogen and oxygen atoms in total.